The molecule has 1 N–H and O–H groups in total. The van der Waals surface area contributed by atoms with Gasteiger partial charge in [-0.1, -0.05) is 38.7 Å². The lowest BCUT2D eigenvalue weighted by atomic mass is 9.56. The molecule has 1 heteroatoms. The molecule has 2 bridgehead atoms. The highest BCUT2D eigenvalue weighted by atomic mass is 16.3. The van der Waals surface area contributed by atoms with E-state index in [4.69, 9.17) is 0 Å². The van der Waals surface area contributed by atoms with Crippen LogP contribution in [-0.2, 0) is 0 Å². The molecule has 4 unspecified atom stereocenters. The SMILES string of the molecule is C=CC(=C)C1CC[C@@]2(C)CC(CCC(C)O)(CCC2C)C1. The van der Waals surface area contributed by atoms with E-state index >= 15 is 0 Å². The molecule has 21 heavy (non-hydrogen) atoms. The Morgan fingerprint density at radius 2 is 2.10 bits per heavy atom. The van der Waals surface area contributed by atoms with Gasteiger partial charge in [-0.2, -0.15) is 0 Å². The van der Waals surface area contributed by atoms with Crippen LogP contribution >= 0.6 is 0 Å². The average molecular weight is 290 g/mol. The van der Waals surface area contributed by atoms with E-state index in [1.807, 2.05) is 13.0 Å². The van der Waals surface area contributed by atoms with E-state index in [2.05, 4.69) is 27.0 Å². The Balaban J connectivity index is 2.24. The van der Waals surface area contributed by atoms with Crippen LogP contribution in [0.3, 0.4) is 0 Å². The highest BCUT2D eigenvalue weighted by Crippen LogP contribution is 2.59. The van der Waals surface area contributed by atoms with Crippen molar-refractivity contribution >= 4 is 0 Å². The first-order chi connectivity index (χ1) is 9.80. The summed E-state index contributed by atoms with van der Waals surface area (Å²) in [7, 11) is 0. The highest BCUT2D eigenvalue weighted by molar-refractivity contribution is 5.17. The number of rotatable bonds is 5. The van der Waals surface area contributed by atoms with E-state index in [1.165, 1.54) is 50.5 Å². The molecule has 2 saturated carbocycles. The van der Waals surface area contributed by atoms with Crippen LogP contribution in [0.25, 0.3) is 0 Å². The molecule has 2 aliphatic rings. The number of hydrogen-bond donors (Lipinski definition) is 1. The summed E-state index contributed by atoms with van der Waals surface area (Å²) in [5, 5.41) is 9.75. The molecule has 0 aromatic carbocycles. The molecular formula is C20H34O. The normalized spacial score (nSPS) is 41.1. The fourth-order valence-corrected chi connectivity index (χ4v) is 4.94. The maximum Gasteiger partial charge on any atom is 0.0512 e. The summed E-state index contributed by atoms with van der Waals surface area (Å²) in [5.74, 6) is 1.43. The zero-order chi connectivity index (χ0) is 15.7. The number of allylic oxidation sites excluding steroid dienone is 2. The van der Waals surface area contributed by atoms with E-state index in [-0.39, 0.29) is 6.10 Å². The van der Waals surface area contributed by atoms with Crippen LogP contribution in [0.15, 0.2) is 24.8 Å². The van der Waals surface area contributed by atoms with Gasteiger partial charge in [0.05, 0.1) is 6.10 Å². The van der Waals surface area contributed by atoms with E-state index in [9.17, 15) is 5.11 Å². The topological polar surface area (TPSA) is 20.2 Å². The summed E-state index contributed by atoms with van der Waals surface area (Å²) in [6, 6.07) is 0. The van der Waals surface area contributed by atoms with E-state index < -0.39 is 0 Å². The van der Waals surface area contributed by atoms with Crippen LogP contribution in [0.4, 0.5) is 0 Å². The molecule has 120 valence electrons. The highest BCUT2D eigenvalue weighted by Gasteiger charge is 2.48. The lowest BCUT2D eigenvalue weighted by Gasteiger charge is -2.49. The molecule has 0 aliphatic heterocycles. The van der Waals surface area contributed by atoms with Gasteiger partial charge in [-0.3, -0.25) is 0 Å². The number of fused-ring (bicyclic) bond motifs is 2. The van der Waals surface area contributed by atoms with Gasteiger partial charge in [0.1, 0.15) is 0 Å². The molecule has 0 heterocycles. The van der Waals surface area contributed by atoms with Gasteiger partial charge in [0.25, 0.3) is 0 Å². The summed E-state index contributed by atoms with van der Waals surface area (Å²) in [4.78, 5) is 0. The van der Waals surface area contributed by atoms with Crippen molar-refractivity contribution in [3.05, 3.63) is 24.8 Å². The second-order valence-corrected chi connectivity index (χ2v) is 8.38. The first-order valence-corrected chi connectivity index (χ1v) is 8.80. The van der Waals surface area contributed by atoms with Crippen LogP contribution < -0.4 is 0 Å². The van der Waals surface area contributed by atoms with E-state index in [0.717, 1.165) is 12.3 Å². The minimum Gasteiger partial charge on any atom is -0.393 e. The van der Waals surface area contributed by atoms with Gasteiger partial charge in [-0.25, -0.2) is 0 Å². The van der Waals surface area contributed by atoms with Crippen LogP contribution in [-0.4, -0.2) is 11.2 Å². The lowest BCUT2D eigenvalue weighted by molar-refractivity contribution is 0.00939. The Bertz CT molecular complexity index is 397. The number of aliphatic hydroxyl groups is 1. The van der Waals surface area contributed by atoms with Crippen molar-refractivity contribution in [3.63, 3.8) is 0 Å². The third-order valence-corrected chi connectivity index (χ3v) is 6.70. The van der Waals surface area contributed by atoms with Gasteiger partial charge in [-0.15, -0.1) is 0 Å². The quantitative estimate of drug-likeness (QED) is 0.663. The Kier molecular flexibility index (Phi) is 5.03. The van der Waals surface area contributed by atoms with Crippen molar-refractivity contribution in [3.8, 4) is 0 Å². The van der Waals surface area contributed by atoms with Gasteiger partial charge in [0, 0.05) is 0 Å². The molecular weight excluding hydrogens is 256 g/mol. The van der Waals surface area contributed by atoms with Crippen molar-refractivity contribution in [2.45, 2.75) is 78.2 Å². The molecule has 0 amide bonds. The second kappa shape index (κ2) is 6.28. The molecule has 1 nitrogen and oxygen atoms in total. The van der Waals surface area contributed by atoms with E-state index in [1.54, 1.807) is 0 Å². The summed E-state index contributed by atoms with van der Waals surface area (Å²) < 4.78 is 0. The summed E-state index contributed by atoms with van der Waals surface area (Å²) in [6.07, 6.45) is 11.8. The van der Waals surface area contributed by atoms with Gasteiger partial charge < -0.3 is 5.11 Å². The summed E-state index contributed by atoms with van der Waals surface area (Å²) in [5.41, 5.74) is 2.13. The molecule has 0 saturated heterocycles. The Hall–Kier alpha value is -0.560. The van der Waals surface area contributed by atoms with Gasteiger partial charge in [-0.05, 0) is 81.0 Å². The third kappa shape index (κ3) is 3.62. The Labute approximate surface area is 131 Å². The van der Waals surface area contributed by atoms with Gasteiger partial charge in [0.15, 0.2) is 0 Å². The van der Waals surface area contributed by atoms with Crippen LogP contribution in [0.5, 0.6) is 0 Å². The van der Waals surface area contributed by atoms with E-state index in [0.29, 0.717) is 16.7 Å². The number of aliphatic hydroxyl groups excluding tert-OH is 1. The fraction of sp³-hybridized carbons (Fsp3) is 0.800. The van der Waals surface area contributed by atoms with Crippen LogP contribution in [0.1, 0.15) is 72.1 Å². The van der Waals surface area contributed by atoms with Crippen molar-refractivity contribution in [1.82, 2.24) is 0 Å². The number of hydrogen-bond acceptors (Lipinski definition) is 1. The fourth-order valence-electron chi connectivity index (χ4n) is 4.94. The minimum atomic E-state index is -0.172. The molecule has 0 aromatic rings. The minimum absolute atomic E-state index is 0.172. The molecule has 2 fully saturated rings. The standard InChI is InChI=1S/C20H34O/c1-6-15(2)18-9-10-19(5)14-20(13-18,11-7-16(19)3)12-8-17(4)21/h6,16-18,21H,1-2,7-14H2,3-5H3/t16?,17?,18?,19-,20?/m0/s1. The summed E-state index contributed by atoms with van der Waals surface area (Å²) in [6.45, 7) is 15.1. The molecule has 2 rings (SSSR count). The smallest absolute Gasteiger partial charge is 0.0512 e. The van der Waals surface area contributed by atoms with Crippen molar-refractivity contribution in [1.29, 1.82) is 0 Å². The second-order valence-electron chi connectivity index (χ2n) is 8.38. The molecule has 2 aliphatic carbocycles. The summed E-state index contributed by atoms with van der Waals surface area (Å²) >= 11 is 0. The maximum absolute atomic E-state index is 9.75. The first-order valence-electron chi connectivity index (χ1n) is 8.80. The zero-order valence-corrected chi connectivity index (χ0v) is 14.3. The van der Waals surface area contributed by atoms with Crippen molar-refractivity contribution in [2.75, 3.05) is 0 Å². The monoisotopic (exact) mass is 290 g/mol. The maximum atomic E-state index is 9.75. The van der Waals surface area contributed by atoms with Gasteiger partial charge >= 0.3 is 0 Å². The average Bonchev–Trinajstić information content (AvgIpc) is 2.57. The molecule has 5 atom stereocenters. The van der Waals surface area contributed by atoms with Gasteiger partial charge in [0.2, 0.25) is 0 Å². The van der Waals surface area contributed by atoms with Crippen LogP contribution in [0.2, 0.25) is 0 Å². The largest absolute Gasteiger partial charge is 0.393 e. The Morgan fingerprint density at radius 3 is 2.71 bits per heavy atom. The first kappa shape index (κ1) is 16.8. The molecule has 0 spiro atoms. The van der Waals surface area contributed by atoms with Crippen LogP contribution in [0, 0.1) is 22.7 Å². The molecule has 0 aromatic heterocycles. The Morgan fingerprint density at radius 1 is 1.38 bits per heavy atom. The van der Waals surface area contributed by atoms with Crippen molar-refractivity contribution in [2.24, 2.45) is 22.7 Å². The van der Waals surface area contributed by atoms with Crippen molar-refractivity contribution < 1.29 is 5.11 Å². The lowest BCUT2D eigenvalue weighted by Crippen LogP contribution is -2.39. The zero-order valence-electron chi connectivity index (χ0n) is 14.3. The predicted molar refractivity (Wildman–Crippen MR) is 91.1 cm³/mol. The predicted octanol–water partition coefficient (Wildman–Crippen LogP) is 5.50. The molecule has 0 radical (unpaired) electrons. The third-order valence-electron chi connectivity index (χ3n) is 6.70.